The lowest BCUT2D eigenvalue weighted by atomic mass is 9.91. The number of amides is 1. The molecule has 0 spiro atoms. The van der Waals surface area contributed by atoms with Crippen LogP contribution in [0.15, 0.2) is 53.3 Å². The Morgan fingerprint density at radius 1 is 1.17 bits per heavy atom. The molecule has 1 amide bonds. The molecule has 1 fully saturated rings. The summed E-state index contributed by atoms with van der Waals surface area (Å²) in [4.78, 5) is 30.0. The Labute approximate surface area is 169 Å². The van der Waals surface area contributed by atoms with Crippen LogP contribution in [-0.4, -0.2) is 28.9 Å². The molecule has 4 rings (SSSR count). The molecule has 2 heterocycles. The maximum absolute atomic E-state index is 13.3. The summed E-state index contributed by atoms with van der Waals surface area (Å²) in [7, 11) is 0. The number of rotatable bonds is 4. The van der Waals surface area contributed by atoms with Crippen LogP contribution in [0.4, 0.5) is 4.39 Å². The number of fused-ring (bicyclic) bond motifs is 1. The lowest BCUT2D eigenvalue weighted by Crippen LogP contribution is -2.40. The third-order valence-corrected chi connectivity index (χ3v) is 5.79. The molecular formula is C24H25FN2O2. The number of piperidine rings is 1. The van der Waals surface area contributed by atoms with Crippen LogP contribution in [0.3, 0.4) is 0 Å². The molecule has 1 saturated heterocycles. The van der Waals surface area contributed by atoms with Gasteiger partial charge in [0.1, 0.15) is 5.82 Å². The van der Waals surface area contributed by atoms with Crippen molar-refractivity contribution < 1.29 is 9.18 Å². The van der Waals surface area contributed by atoms with Gasteiger partial charge >= 0.3 is 0 Å². The highest BCUT2D eigenvalue weighted by molar-refractivity contribution is 6.06. The predicted molar refractivity (Wildman–Crippen MR) is 113 cm³/mol. The number of carbonyl (C=O) groups excluding carboxylic acids is 1. The van der Waals surface area contributed by atoms with Crippen molar-refractivity contribution in [3.63, 3.8) is 0 Å². The zero-order chi connectivity index (χ0) is 20.4. The first kappa shape index (κ1) is 19.4. The molecule has 150 valence electrons. The van der Waals surface area contributed by atoms with Crippen molar-refractivity contribution >= 4 is 16.8 Å². The summed E-state index contributed by atoms with van der Waals surface area (Å²) in [5.41, 5.74) is 3.08. The van der Waals surface area contributed by atoms with Gasteiger partial charge in [-0.05, 0) is 68.4 Å². The Morgan fingerprint density at radius 2 is 1.97 bits per heavy atom. The summed E-state index contributed by atoms with van der Waals surface area (Å²) >= 11 is 0. The molecule has 1 atom stereocenters. The van der Waals surface area contributed by atoms with Gasteiger partial charge in [-0.1, -0.05) is 23.8 Å². The highest BCUT2D eigenvalue weighted by Gasteiger charge is 2.25. The quantitative estimate of drug-likeness (QED) is 0.713. The highest BCUT2D eigenvalue weighted by atomic mass is 19.1. The number of benzene rings is 2. The third kappa shape index (κ3) is 4.39. The van der Waals surface area contributed by atoms with E-state index in [0.717, 1.165) is 42.2 Å². The Balaban J connectivity index is 1.50. The average molecular weight is 392 g/mol. The van der Waals surface area contributed by atoms with E-state index in [1.807, 2.05) is 42.2 Å². The molecule has 1 aromatic heterocycles. The van der Waals surface area contributed by atoms with E-state index in [-0.39, 0.29) is 17.3 Å². The second-order valence-corrected chi connectivity index (χ2v) is 8.02. The fourth-order valence-electron chi connectivity index (χ4n) is 4.22. The summed E-state index contributed by atoms with van der Waals surface area (Å²) in [6, 6.07) is 13.8. The van der Waals surface area contributed by atoms with Crippen molar-refractivity contribution in [1.82, 2.24) is 9.88 Å². The zero-order valence-corrected chi connectivity index (χ0v) is 16.6. The number of likely N-dealkylation sites (tertiary alicyclic amines) is 1. The number of aromatic amines is 1. The molecule has 0 unspecified atom stereocenters. The monoisotopic (exact) mass is 392 g/mol. The maximum atomic E-state index is 13.3. The van der Waals surface area contributed by atoms with Gasteiger partial charge in [-0.3, -0.25) is 9.59 Å². The minimum Gasteiger partial charge on any atom is -0.338 e. The van der Waals surface area contributed by atoms with Crippen LogP contribution in [-0.2, 0) is 6.42 Å². The molecule has 0 saturated carbocycles. The van der Waals surface area contributed by atoms with E-state index in [1.165, 1.54) is 18.2 Å². The lowest BCUT2D eigenvalue weighted by Gasteiger charge is -2.33. The summed E-state index contributed by atoms with van der Waals surface area (Å²) < 4.78 is 13.1. The van der Waals surface area contributed by atoms with Crippen molar-refractivity contribution in [2.45, 2.75) is 32.6 Å². The molecule has 1 aliphatic rings. The number of pyridine rings is 1. The Bertz CT molecular complexity index is 1090. The lowest BCUT2D eigenvalue weighted by molar-refractivity contribution is 0.0670. The Morgan fingerprint density at radius 3 is 2.76 bits per heavy atom. The van der Waals surface area contributed by atoms with Gasteiger partial charge in [-0.15, -0.1) is 0 Å². The smallest absolute Gasteiger partial charge is 0.254 e. The highest BCUT2D eigenvalue weighted by Crippen LogP contribution is 2.25. The van der Waals surface area contributed by atoms with Crippen molar-refractivity contribution in [2.24, 2.45) is 5.92 Å². The summed E-state index contributed by atoms with van der Waals surface area (Å²) in [5, 5.41) is 0.794. The number of halogens is 1. The van der Waals surface area contributed by atoms with E-state index in [0.29, 0.717) is 30.1 Å². The number of carbonyl (C=O) groups is 1. The number of hydrogen-bond acceptors (Lipinski definition) is 2. The molecular weight excluding hydrogens is 367 g/mol. The van der Waals surface area contributed by atoms with Crippen LogP contribution < -0.4 is 5.56 Å². The summed E-state index contributed by atoms with van der Waals surface area (Å²) in [6.07, 6.45) is 3.88. The number of aromatic nitrogens is 1. The zero-order valence-electron chi connectivity index (χ0n) is 16.6. The number of aryl methyl sites for hydroxylation is 2. The van der Waals surface area contributed by atoms with Crippen LogP contribution in [0.5, 0.6) is 0 Å². The van der Waals surface area contributed by atoms with Crippen molar-refractivity contribution in [3.8, 4) is 0 Å². The molecule has 0 bridgehead atoms. The Hall–Kier alpha value is -2.95. The van der Waals surface area contributed by atoms with Gasteiger partial charge in [0, 0.05) is 30.1 Å². The van der Waals surface area contributed by atoms with Crippen LogP contribution in [0.2, 0.25) is 0 Å². The van der Waals surface area contributed by atoms with Gasteiger partial charge in [0.15, 0.2) is 0 Å². The van der Waals surface area contributed by atoms with Crippen LogP contribution >= 0.6 is 0 Å². The second kappa shape index (κ2) is 8.19. The standard InChI is InChI=1S/C24H25FN2O2/c1-16-4-11-22-20(13-16)21(14-23(28)26-22)24(29)27-12-2-3-18(15-27)6-5-17-7-9-19(25)10-8-17/h4,7-11,13-14,18H,2-3,5-6,12,15H2,1H3,(H,26,28)/t18-/m1/s1. The molecule has 1 N–H and O–H groups in total. The topological polar surface area (TPSA) is 53.2 Å². The summed E-state index contributed by atoms with van der Waals surface area (Å²) in [5.74, 6) is 0.120. The first-order chi connectivity index (χ1) is 14.0. The SMILES string of the molecule is Cc1ccc2[nH]c(=O)cc(C(=O)N3CCC[C@H](CCc4ccc(F)cc4)C3)c2c1. The Kier molecular flexibility index (Phi) is 5.47. The van der Waals surface area contributed by atoms with E-state index < -0.39 is 0 Å². The largest absolute Gasteiger partial charge is 0.338 e. The van der Waals surface area contributed by atoms with E-state index in [2.05, 4.69) is 4.98 Å². The normalized spacial score (nSPS) is 16.9. The fraction of sp³-hybridized carbons (Fsp3) is 0.333. The first-order valence-electron chi connectivity index (χ1n) is 10.2. The number of nitrogens with one attached hydrogen (secondary N) is 1. The molecule has 1 aliphatic heterocycles. The van der Waals surface area contributed by atoms with Gasteiger partial charge in [-0.2, -0.15) is 0 Å². The maximum Gasteiger partial charge on any atom is 0.254 e. The number of hydrogen-bond donors (Lipinski definition) is 1. The van der Waals surface area contributed by atoms with Crippen molar-refractivity contribution in [2.75, 3.05) is 13.1 Å². The van der Waals surface area contributed by atoms with E-state index >= 15 is 0 Å². The van der Waals surface area contributed by atoms with E-state index in [1.54, 1.807) is 0 Å². The molecule has 3 aromatic rings. The van der Waals surface area contributed by atoms with Gasteiger partial charge < -0.3 is 9.88 Å². The fourth-order valence-corrected chi connectivity index (χ4v) is 4.22. The third-order valence-electron chi connectivity index (χ3n) is 5.79. The van der Waals surface area contributed by atoms with Crippen LogP contribution in [0, 0.1) is 18.7 Å². The minimum atomic E-state index is -0.255. The molecule has 0 radical (unpaired) electrons. The van der Waals surface area contributed by atoms with Gasteiger partial charge in [-0.25, -0.2) is 4.39 Å². The van der Waals surface area contributed by atoms with E-state index in [4.69, 9.17) is 0 Å². The second-order valence-electron chi connectivity index (χ2n) is 8.02. The molecule has 4 nitrogen and oxygen atoms in total. The molecule has 0 aliphatic carbocycles. The summed E-state index contributed by atoms with van der Waals surface area (Å²) in [6.45, 7) is 3.39. The molecule has 29 heavy (non-hydrogen) atoms. The molecule has 2 aromatic carbocycles. The predicted octanol–water partition coefficient (Wildman–Crippen LogP) is 4.46. The number of nitrogens with zero attached hydrogens (tertiary/aromatic N) is 1. The van der Waals surface area contributed by atoms with Gasteiger partial charge in [0.2, 0.25) is 5.56 Å². The van der Waals surface area contributed by atoms with Gasteiger partial charge in [0.05, 0.1) is 5.56 Å². The first-order valence-corrected chi connectivity index (χ1v) is 10.2. The van der Waals surface area contributed by atoms with Crippen molar-refractivity contribution in [1.29, 1.82) is 0 Å². The van der Waals surface area contributed by atoms with E-state index in [9.17, 15) is 14.0 Å². The van der Waals surface area contributed by atoms with Crippen molar-refractivity contribution in [3.05, 3.63) is 81.4 Å². The number of H-pyrrole nitrogens is 1. The van der Waals surface area contributed by atoms with Crippen LogP contribution in [0.1, 0.15) is 40.7 Å². The average Bonchev–Trinajstić information content (AvgIpc) is 2.73. The van der Waals surface area contributed by atoms with Crippen LogP contribution in [0.25, 0.3) is 10.9 Å². The van der Waals surface area contributed by atoms with Gasteiger partial charge in [0.25, 0.3) is 5.91 Å². The molecule has 5 heteroatoms. The minimum absolute atomic E-state index is 0.0711.